The lowest BCUT2D eigenvalue weighted by Gasteiger charge is -2.35. The summed E-state index contributed by atoms with van der Waals surface area (Å²) >= 11 is 0. The number of hydrogen-bond acceptors (Lipinski definition) is 5. The molecule has 1 heterocycles. The molecule has 3 rings (SSSR count). The molecule has 1 N–H and O–H groups in total. The average molecular weight is 355 g/mol. The first kappa shape index (κ1) is 17.9. The van der Waals surface area contributed by atoms with Crippen LogP contribution in [0.4, 0.5) is 0 Å². The summed E-state index contributed by atoms with van der Waals surface area (Å²) in [4.78, 5) is 25.6. The molecule has 6 nitrogen and oxygen atoms in total. The molecule has 1 aliphatic rings. The monoisotopic (exact) mass is 355 g/mol. The minimum Gasteiger partial charge on any atom is -0.507 e. The smallest absolute Gasteiger partial charge is 0.254 e. The Hall–Kier alpha value is -2.86. The molecule has 0 radical (unpaired) electrons. The molecule has 2 aromatic carbocycles. The van der Waals surface area contributed by atoms with Crippen molar-refractivity contribution in [2.45, 2.75) is 12.5 Å². The zero-order chi connectivity index (χ0) is 18.4. The van der Waals surface area contributed by atoms with E-state index < -0.39 is 0 Å². The number of rotatable bonds is 6. The Labute approximate surface area is 152 Å². The van der Waals surface area contributed by atoms with E-state index in [9.17, 15) is 14.7 Å². The first-order valence-corrected chi connectivity index (χ1v) is 8.54. The molecular formula is C20H21NO5. The zero-order valence-corrected chi connectivity index (χ0v) is 14.3. The predicted molar refractivity (Wildman–Crippen MR) is 95.7 cm³/mol. The van der Waals surface area contributed by atoms with E-state index in [-0.39, 0.29) is 23.3 Å². The van der Waals surface area contributed by atoms with Crippen LogP contribution in [-0.2, 0) is 4.74 Å². The number of carbonyl (C=O) groups excluding carboxylic acids is 2. The van der Waals surface area contributed by atoms with Crippen LogP contribution < -0.4 is 4.74 Å². The molecule has 0 aliphatic carbocycles. The van der Waals surface area contributed by atoms with Crippen molar-refractivity contribution in [1.82, 2.24) is 4.90 Å². The van der Waals surface area contributed by atoms with E-state index in [4.69, 9.17) is 9.47 Å². The first-order chi connectivity index (χ1) is 12.7. The van der Waals surface area contributed by atoms with E-state index in [1.165, 1.54) is 6.07 Å². The highest BCUT2D eigenvalue weighted by Gasteiger charge is 2.28. The quantitative estimate of drug-likeness (QED) is 0.806. The van der Waals surface area contributed by atoms with Crippen LogP contribution in [0.3, 0.4) is 0 Å². The van der Waals surface area contributed by atoms with Gasteiger partial charge in [0.1, 0.15) is 11.5 Å². The highest BCUT2D eigenvalue weighted by atomic mass is 16.5. The lowest BCUT2D eigenvalue weighted by Crippen LogP contribution is -2.49. The van der Waals surface area contributed by atoms with Gasteiger partial charge in [-0.05, 0) is 24.3 Å². The Morgan fingerprint density at radius 1 is 1.23 bits per heavy atom. The standard InChI is InChI=1S/C20H21NO5/c22-13-17-18(23)7-4-8-19(17)26-11-9-16-14-25-12-10-21(16)20(24)15-5-2-1-3-6-15/h1-8,13,16,23H,9-12,14H2/t16-/m1/s1. The molecule has 1 aliphatic heterocycles. The fourth-order valence-corrected chi connectivity index (χ4v) is 2.99. The Morgan fingerprint density at radius 3 is 2.81 bits per heavy atom. The first-order valence-electron chi connectivity index (χ1n) is 8.54. The van der Waals surface area contributed by atoms with Crippen molar-refractivity contribution in [3.8, 4) is 11.5 Å². The van der Waals surface area contributed by atoms with Crippen molar-refractivity contribution < 1.29 is 24.2 Å². The number of aromatic hydroxyl groups is 1. The molecular weight excluding hydrogens is 334 g/mol. The number of carbonyl (C=O) groups is 2. The van der Waals surface area contributed by atoms with Gasteiger partial charge in [0, 0.05) is 18.5 Å². The van der Waals surface area contributed by atoms with Crippen molar-refractivity contribution >= 4 is 12.2 Å². The average Bonchev–Trinajstić information content (AvgIpc) is 2.69. The van der Waals surface area contributed by atoms with Crippen LogP contribution in [0.1, 0.15) is 27.1 Å². The molecule has 26 heavy (non-hydrogen) atoms. The Balaban J connectivity index is 1.63. The summed E-state index contributed by atoms with van der Waals surface area (Å²) in [6, 6.07) is 13.7. The van der Waals surface area contributed by atoms with Crippen LogP contribution in [0.5, 0.6) is 11.5 Å². The lowest BCUT2D eigenvalue weighted by atomic mass is 10.1. The maximum absolute atomic E-state index is 12.7. The Morgan fingerprint density at radius 2 is 2.04 bits per heavy atom. The third-order valence-corrected chi connectivity index (χ3v) is 4.38. The lowest BCUT2D eigenvalue weighted by molar-refractivity contribution is -0.00743. The molecule has 1 atom stereocenters. The fourth-order valence-electron chi connectivity index (χ4n) is 2.99. The summed E-state index contributed by atoms with van der Waals surface area (Å²) in [6.45, 7) is 1.79. The second-order valence-electron chi connectivity index (χ2n) is 6.04. The van der Waals surface area contributed by atoms with E-state index in [0.29, 0.717) is 50.4 Å². The number of morpholine rings is 1. The fraction of sp³-hybridized carbons (Fsp3) is 0.300. The summed E-state index contributed by atoms with van der Waals surface area (Å²) in [7, 11) is 0. The number of amides is 1. The molecule has 0 saturated carbocycles. The van der Waals surface area contributed by atoms with Gasteiger partial charge >= 0.3 is 0 Å². The molecule has 0 bridgehead atoms. The van der Waals surface area contributed by atoms with Crippen LogP contribution in [0.25, 0.3) is 0 Å². The number of phenolic OH excluding ortho intramolecular Hbond substituents is 1. The van der Waals surface area contributed by atoms with Crippen molar-refractivity contribution in [3.63, 3.8) is 0 Å². The molecule has 1 amide bonds. The van der Waals surface area contributed by atoms with E-state index in [0.717, 1.165) is 0 Å². The molecule has 0 spiro atoms. The topological polar surface area (TPSA) is 76.1 Å². The number of nitrogens with zero attached hydrogens (tertiary/aromatic N) is 1. The van der Waals surface area contributed by atoms with E-state index in [1.54, 1.807) is 24.3 Å². The second-order valence-corrected chi connectivity index (χ2v) is 6.04. The number of hydrogen-bond donors (Lipinski definition) is 1. The van der Waals surface area contributed by atoms with Gasteiger partial charge < -0.3 is 19.5 Å². The van der Waals surface area contributed by atoms with E-state index in [2.05, 4.69) is 0 Å². The molecule has 1 saturated heterocycles. The van der Waals surface area contributed by atoms with Gasteiger partial charge in [-0.2, -0.15) is 0 Å². The van der Waals surface area contributed by atoms with Crippen LogP contribution in [-0.4, -0.2) is 54.6 Å². The number of ether oxygens (including phenoxy) is 2. The zero-order valence-electron chi connectivity index (χ0n) is 14.3. The Kier molecular flexibility index (Phi) is 5.86. The number of aldehydes is 1. The third-order valence-electron chi connectivity index (χ3n) is 4.38. The van der Waals surface area contributed by atoms with Crippen LogP contribution >= 0.6 is 0 Å². The highest BCUT2D eigenvalue weighted by molar-refractivity contribution is 5.94. The second kappa shape index (κ2) is 8.49. The summed E-state index contributed by atoms with van der Waals surface area (Å²) in [5.41, 5.74) is 0.779. The van der Waals surface area contributed by atoms with Crippen LogP contribution in [0.15, 0.2) is 48.5 Å². The summed E-state index contributed by atoms with van der Waals surface area (Å²) in [5.74, 6) is 0.196. The van der Waals surface area contributed by atoms with Crippen LogP contribution in [0.2, 0.25) is 0 Å². The molecule has 136 valence electrons. The molecule has 0 unspecified atom stereocenters. The van der Waals surface area contributed by atoms with Gasteiger partial charge in [-0.25, -0.2) is 0 Å². The van der Waals surface area contributed by atoms with Gasteiger partial charge in [0.05, 0.1) is 31.4 Å². The minimum atomic E-state index is -0.112. The SMILES string of the molecule is O=Cc1c(O)cccc1OCC[C@@H]1COCCN1C(=O)c1ccccc1. The maximum atomic E-state index is 12.7. The van der Waals surface area contributed by atoms with E-state index >= 15 is 0 Å². The van der Waals surface area contributed by atoms with Gasteiger partial charge in [-0.3, -0.25) is 9.59 Å². The van der Waals surface area contributed by atoms with Gasteiger partial charge in [0.25, 0.3) is 5.91 Å². The molecule has 1 fully saturated rings. The van der Waals surface area contributed by atoms with Crippen molar-refractivity contribution in [2.75, 3.05) is 26.4 Å². The summed E-state index contributed by atoms with van der Waals surface area (Å²) < 4.78 is 11.2. The predicted octanol–water partition coefficient (Wildman–Crippen LogP) is 2.51. The molecule has 0 aromatic heterocycles. The molecule has 2 aromatic rings. The van der Waals surface area contributed by atoms with Gasteiger partial charge in [0.15, 0.2) is 6.29 Å². The third kappa shape index (κ3) is 4.03. The van der Waals surface area contributed by atoms with Crippen LogP contribution in [0, 0.1) is 0 Å². The van der Waals surface area contributed by atoms with Gasteiger partial charge in [0.2, 0.25) is 0 Å². The molecule has 6 heteroatoms. The Bertz CT molecular complexity index is 762. The van der Waals surface area contributed by atoms with Gasteiger partial charge in [-0.15, -0.1) is 0 Å². The number of benzene rings is 2. The minimum absolute atomic E-state index is 0.0233. The van der Waals surface area contributed by atoms with Crippen molar-refractivity contribution in [1.29, 1.82) is 0 Å². The van der Waals surface area contributed by atoms with E-state index in [1.807, 2.05) is 23.1 Å². The van der Waals surface area contributed by atoms with Gasteiger partial charge in [-0.1, -0.05) is 24.3 Å². The summed E-state index contributed by atoms with van der Waals surface area (Å²) in [6.07, 6.45) is 1.13. The largest absolute Gasteiger partial charge is 0.507 e. The number of phenols is 1. The maximum Gasteiger partial charge on any atom is 0.254 e. The summed E-state index contributed by atoms with van der Waals surface area (Å²) in [5, 5.41) is 9.70. The van der Waals surface area contributed by atoms with Crippen molar-refractivity contribution in [2.24, 2.45) is 0 Å². The normalized spacial score (nSPS) is 16.9. The van der Waals surface area contributed by atoms with Crippen molar-refractivity contribution in [3.05, 3.63) is 59.7 Å². The highest BCUT2D eigenvalue weighted by Crippen LogP contribution is 2.26.